The van der Waals surface area contributed by atoms with E-state index in [9.17, 15) is 13.2 Å². The van der Waals surface area contributed by atoms with Gasteiger partial charge < -0.3 is 14.2 Å². The molecule has 230 valence electrons. The number of aromatic nitrogens is 6. The van der Waals surface area contributed by atoms with Crippen molar-refractivity contribution >= 4 is 34.4 Å². The van der Waals surface area contributed by atoms with Crippen LogP contribution in [-0.4, -0.2) is 77.8 Å². The van der Waals surface area contributed by atoms with Crippen molar-refractivity contribution in [1.82, 2.24) is 34.0 Å². The number of aryl methyl sites for hydroxylation is 1. The van der Waals surface area contributed by atoms with Crippen molar-refractivity contribution in [2.45, 2.75) is 83.2 Å². The van der Waals surface area contributed by atoms with Gasteiger partial charge >= 0.3 is 0 Å². The van der Waals surface area contributed by atoms with Crippen LogP contribution in [-0.2, 0) is 11.3 Å². The number of benzene rings is 1. The number of hydrogen-bond acceptors (Lipinski definition) is 7. The summed E-state index contributed by atoms with van der Waals surface area (Å²) < 4.78 is 67.5. The molecule has 2 aliphatic heterocycles. The second kappa shape index (κ2) is 10.6. The van der Waals surface area contributed by atoms with Crippen molar-refractivity contribution in [3.05, 3.63) is 46.5 Å². The van der Waals surface area contributed by atoms with Gasteiger partial charge in [-0.3, -0.25) is 4.90 Å². The molecule has 7 rings (SSSR count). The Bertz CT molecular complexity index is 1680. The first-order valence-corrected chi connectivity index (χ1v) is 15.1. The lowest BCUT2D eigenvalue weighted by Crippen LogP contribution is -2.59. The van der Waals surface area contributed by atoms with E-state index >= 15 is 4.39 Å². The highest BCUT2D eigenvalue weighted by Crippen LogP contribution is 2.52. The van der Waals surface area contributed by atoms with Crippen molar-refractivity contribution in [3.63, 3.8) is 0 Å². The van der Waals surface area contributed by atoms with Gasteiger partial charge in [-0.15, -0.1) is 10.2 Å². The number of nitrogens with zero attached hydrogens (tertiary/aromatic N) is 8. The van der Waals surface area contributed by atoms with Gasteiger partial charge in [0.15, 0.2) is 11.5 Å². The maximum absolute atomic E-state index is 15.4. The zero-order valence-corrected chi connectivity index (χ0v) is 24.9. The highest BCUT2D eigenvalue weighted by atomic mass is 35.5. The van der Waals surface area contributed by atoms with Crippen LogP contribution in [0.4, 0.5) is 23.4 Å². The highest BCUT2D eigenvalue weighted by molar-refractivity contribution is 6.31. The normalized spacial score (nSPS) is 25.6. The molecule has 4 aromatic rings. The molecule has 2 saturated heterocycles. The third-order valence-corrected chi connectivity index (χ3v) is 9.68. The Morgan fingerprint density at radius 1 is 1.12 bits per heavy atom. The van der Waals surface area contributed by atoms with Gasteiger partial charge in [0.1, 0.15) is 34.3 Å². The number of anilines is 1. The van der Waals surface area contributed by atoms with Crippen LogP contribution >= 0.6 is 11.6 Å². The van der Waals surface area contributed by atoms with Gasteiger partial charge in [0.2, 0.25) is 5.92 Å². The lowest BCUT2D eigenvalue weighted by Gasteiger charge is -2.52. The predicted octanol–water partition coefficient (Wildman–Crippen LogP) is 5.58. The summed E-state index contributed by atoms with van der Waals surface area (Å²) >= 11 is 5.96. The van der Waals surface area contributed by atoms with E-state index in [-0.39, 0.29) is 36.6 Å². The first-order chi connectivity index (χ1) is 20.5. The number of piperazine rings is 1. The van der Waals surface area contributed by atoms with E-state index in [1.165, 1.54) is 6.07 Å². The molecular formula is C29H33ClF4N8O. The molecule has 4 atom stereocenters. The Kier molecular flexibility index (Phi) is 7.05. The van der Waals surface area contributed by atoms with Crippen molar-refractivity contribution in [2.75, 3.05) is 24.6 Å². The molecule has 0 radical (unpaired) electrons. The molecule has 1 unspecified atom stereocenters. The van der Waals surface area contributed by atoms with Gasteiger partial charge in [0.25, 0.3) is 5.78 Å². The molecule has 1 aromatic carbocycles. The Balaban J connectivity index is 1.25. The van der Waals surface area contributed by atoms with Crippen LogP contribution in [0.25, 0.3) is 16.9 Å². The molecule has 5 heterocycles. The lowest BCUT2D eigenvalue weighted by molar-refractivity contribution is -0.137. The molecule has 0 amide bonds. The van der Waals surface area contributed by atoms with Crippen molar-refractivity contribution in [1.29, 1.82) is 0 Å². The Morgan fingerprint density at radius 2 is 1.91 bits per heavy atom. The fraction of sp³-hybridized carbons (Fsp3) is 0.586. The zero-order valence-electron chi connectivity index (χ0n) is 24.2. The van der Waals surface area contributed by atoms with Gasteiger partial charge in [-0.1, -0.05) is 17.7 Å². The van der Waals surface area contributed by atoms with Crippen LogP contribution in [0.3, 0.4) is 0 Å². The fourth-order valence-electron chi connectivity index (χ4n) is 7.20. The van der Waals surface area contributed by atoms with Crippen molar-refractivity contribution in [3.8, 4) is 0 Å². The zero-order chi connectivity index (χ0) is 30.2. The second-order valence-electron chi connectivity index (χ2n) is 12.3. The topological polar surface area (TPSA) is 76.6 Å². The molecule has 0 bridgehead atoms. The maximum Gasteiger partial charge on any atom is 0.258 e. The smallest absolute Gasteiger partial charge is 0.258 e. The van der Waals surface area contributed by atoms with Crippen molar-refractivity contribution in [2.24, 2.45) is 5.92 Å². The summed E-state index contributed by atoms with van der Waals surface area (Å²) in [5.41, 5.74) is 1.69. The average molecular weight is 621 g/mol. The summed E-state index contributed by atoms with van der Waals surface area (Å²) in [5, 5.41) is 7.74. The van der Waals surface area contributed by atoms with Gasteiger partial charge in [-0.25, -0.2) is 26.9 Å². The van der Waals surface area contributed by atoms with E-state index in [1.54, 1.807) is 6.33 Å². The number of rotatable bonds is 6. The standard InChI is InChI=1S/C29H33ClF4N8O/c1-15-12-40(16(2)11-39(15)25(18-9-29(33,34)10-18)20-6-7-21(31)22(30)23(20)32)26-24-27(42-14-35-38-28(42)37-26)41(17(3)36-24)13-19-5-4-8-43-19/h6-7,14-16,18-19,25H,4-5,8-13H2,1-3H3/t15-,16+,19+,25?/m1/s1. The quantitative estimate of drug-likeness (QED) is 0.206. The molecule has 1 aliphatic carbocycles. The van der Waals surface area contributed by atoms with Gasteiger partial charge in [-0.05, 0) is 45.6 Å². The Hall–Kier alpha value is -3.03. The Labute approximate surface area is 250 Å². The molecule has 0 spiro atoms. The third kappa shape index (κ3) is 4.83. The summed E-state index contributed by atoms with van der Waals surface area (Å²) in [5.74, 6) is -3.15. The number of hydrogen-bond donors (Lipinski definition) is 0. The molecular weight excluding hydrogens is 588 g/mol. The van der Waals surface area contributed by atoms with Gasteiger partial charge in [0, 0.05) is 56.2 Å². The molecule has 1 saturated carbocycles. The minimum atomic E-state index is -2.80. The molecule has 14 heteroatoms. The summed E-state index contributed by atoms with van der Waals surface area (Å²) in [6, 6.07) is 1.42. The first-order valence-electron chi connectivity index (χ1n) is 14.7. The minimum Gasteiger partial charge on any atom is -0.376 e. The van der Waals surface area contributed by atoms with E-state index < -0.39 is 34.5 Å². The number of imidazole rings is 1. The summed E-state index contributed by atoms with van der Waals surface area (Å²) in [4.78, 5) is 14.0. The van der Waals surface area contributed by atoms with E-state index in [4.69, 9.17) is 26.3 Å². The number of halogens is 5. The monoisotopic (exact) mass is 620 g/mol. The highest BCUT2D eigenvalue weighted by Gasteiger charge is 2.52. The SMILES string of the molecule is Cc1nc2c(N3C[C@@H](C)N(C(c4ccc(F)c(Cl)c4F)C4CC(F)(F)C4)C[C@@H]3C)nc3nncn3c2n1C[C@@H]1CCCO1. The fourth-order valence-corrected chi connectivity index (χ4v) is 7.37. The van der Waals surface area contributed by atoms with E-state index in [0.29, 0.717) is 36.7 Å². The van der Waals surface area contributed by atoms with Gasteiger partial charge in [0.05, 0.1) is 12.6 Å². The van der Waals surface area contributed by atoms with Crippen LogP contribution in [0.15, 0.2) is 18.5 Å². The summed E-state index contributed by atoms with van der Waals surface area (Å²) in [6.07, 6.45) is 3.01. The number of ether oxygens (including phenoxy) is 1. The summed E-state index contributed by atoms with van der Waals surface area (Å²) in [7, 11) is 0. The molecule has 43 heavy (non-hydrogen) atoms. The van der Waals surface area contributed by atoms with Crippen molar-refractivity contribution < 1.29 is 22.3 Å². The van der Waals surface area contributed by atoms with Crippen LogP contribution in [0.2, 0.25) is 5.02 Å². The molecule has 3 fully saturated rings. The van der Waals surface area contributed by atoms with Gasteiger partial charge in [-0.2, -0.15) is 4.98 Å². The second-order valence-corrected chi connectivity index (χ2v) is 12.7. The number of fused-ring (bicyclic) bond motifs is 3. The summed E-state index contributed by atoms with van der Waals surface area (Å²) in [6.45, 7) is 8.27. The van der Waals surface area contributed by atoms with Crippen LogP contribution in [0.5, 0.6) is 0 Å². The first kappa shape index (κ1) is 28.7. The van der Waals surface area contributed by atoms with Crippen LogP contribution in [0.1, 0.15) is 57.0 Å². The predicted molar refractivity (Wildman–Crippen MR) is 153 cm³/mol. The maximum atomic E-state index is 15.4. The molecule has 9 nitrogen and oxygen atoms in total. The molecule has 0 N–H and O–H groups in total. The Morgan fingerprint density at radius 3 is 2.63 bits per heavy atom. The molecule has 3 aromatic heterocycles. The van der Waals surface area contributed by atoms with Crippen LogP contribution in [0, 0.1) is 24.5 Å². The lowest BCUT2D eigenvalue weighted by atomic mass is 9.73. The largest absolute Gasteiger partial charge is 0.376 e. The van der Waals surface area contributed by atoms with Crippen LogP contribution < -0.4 is 4.90 Å². The van der Waals surface area contributed by atoms with E-state index in [2.05, 4.69) is 24.6 Å². The third-order valence-electron chi connectivity index (χ3n) is 9.33. The minimum absolute atomic E-state index is 0.0953. The number of alkyl halides is 2. The van der Waals surface area contributed by atoms with E-state index in [1.807, 2.05) is 25.2 Å². The average Bonchev–Trinajstić information content (AvgIpc) is 3.70. The molecule has 3 aliphatic rings. The van der Waals surface area contributed by atoms with E-state index in [0.717, 1.165) is 37.0 Å².